The van der Waals surface area contributed by atoms with Crippen LogP contribution >= 0.6 is 0 Å². The Kier molecular flexibility index (Phi) is 4.68. The molecule has 3 aromatic rings. The highest BCUT2D eigenvalue weighted by atomic mass is 16.1. The lowest BCUT2D eigenvalue weighted by molar-refractivity contribution is 0.759. The number of pyridine rings is 2. The van der Waals surface area contributed by atoms with Gasteiger partial charge in [-0.3, -0.25) is 4.79 Å². The number of hydrogen-bond donors (Lipinski definition) is 1. The Morgan fingerprint density at radius 3 is 2.58 bits per heavy atom. The molecule has 0 aliphatic heterocycles. The summed E-state index contributed by atoms with van der Waals surface area (Å²) in [6, 6.07) is 18.7. The maximum atomic E-state index is 11.7. The van der Waals surface area contributed by atoms with Crippen molar-refractivity contribution < 1.29 is 0 Å². The van der Waals surface area contributed by atoms with E-state index in [4.69, 9.17) is 5.26 Å². The van der Waals surface area contributed by atoms with Crippen LogP contribution in [0.15, 0.2) is 71.8 Å². The fourth-order valence-electron chi connectivity index (χ4n) is 2.37. The van der Waals surface area contributed by atoms with Gasteiger partial charge in [0.05, 0.1) is 12.1 Å². The highest BCUT2D eigenvalue weighted by Gasteiger charge is 2.02. The number of nitrogens with zero attached hydrogens (tertiary/aromatic N) is 3. The average Bonchev–Trinajstić information content (AvgIpc) is 2.63. The second kappa shape index (κ2) is 7.25. The van der Waals surface area contributed by atoms with E-state index in [0.717, 1.165) is 11.1 Å². The van der Waals surface area contributed by atoms with Gasteiger partial charge in [-0.1, -0.05) is 30.3 Å². The van der Waals surface area contributed by atoms with Crippen molar-refractivity contribution in [2.75, 3.05) is 5.32 Å². The Labute approximate surface area is 139 Å². The zero-order valence-corrected chi connectivity index (χ0v) is 13.0. The van der Waals surface area contributed by atoms with E-state index in [1.807, 2.05) is 30.3 Å². The first-order chi connectivity index (χ1) is 11.8. The molecule has 1 aromatic carbocycles. The fourth-order valence-corrected chi connectivity index (χ4v) is 2.37. The molecule has 0 unspecified atom stereocenters. The van der Waals surface area contributed by atoms with Gasteiger partial charge in [0.15, 0.2) is 0 Å². The molecule has 0 aliphatic rings. The fraction of sp³-hybridized carbons (Fsp3) is 0.105. The molecule has 0 fully saturated rings. The number of rotatable bonds is 5. The van der Waals surface area contributed by atoms with E-state index in [1.54, 1.807) is 41.2 Å². The number of hydrogen-bond acceptors (Lipinski definition) is 4. The van der Waals surface area contributed by atoms with Gasteiger partial charge in [0.25, 0.3) is 5.56 Å². The summed E-state index contributed by atoms with van der Waals surface area (Å²) in [5.74, 6) is 0.583. The van der Waals surface area contributed by atoms with E-state index in [0.29, 0.717) is 24.5 Å². The minimum absolute atomic E-state index is 0.0116. The van der Waals surface area contributed by atoms with E-state index in [9.17, 15) is 4.79 Å². The van der Waals surface area contributed by atoms with Crippen molar-refractivity contribution in [1.29, 1.82) is 5.26 Å². The van der Waals surface area contributed by atoms with Crippen LogP contribution in [0, 0.1) is 11.3 Å². The van der Waals surface area contributed by atoms with Gasteiger partial charge < -0.3 is 9.88 Å². The van der Waals surface area contributed by atoms with Gasteiger partial charge in [-0.15, -0.1) is 0 Å². The summed E-state index contributed by atoms with van der Waals surface area (Å²) in [5, 5.41) is 12.2. The molecular formula is C19H16N4O. The molecule has 118 valence electrons. The Bertz CT molecular complexity index is 923. The number of anilines is 1. The molecule has 1 N–H and O–H groups in total. The first-order valence-electron chi connectivity index (χ1n) is 7.58. The lowest BCUT2D eigenvalue weighted by atomic mass is 10.1. The summed E-state index contributed by atoms with van der Waals surface area (Å²) < 4.78 is 1.67. The Morgan fingerprint density at radius 2 is 1.83 bits per heavy atom. The molecule has 0 amide bonds. The second-order valence-corrected chi connectivity index (χ2v) is 5.35. The maximum absolute atomic E-state index is 11.7. The minimum atomic E-state index is -0.0116. The molecule has 2 heterocycles. The smallest absolute Gasteiger partial charge is 0.250 e. The molecule has 0 bridgehead atoms. The van der Waals surface area contributed by atoms with Crippen LogP contribution in [-0.2, 0) is 13.1 Å². The van der Waals surface area contributed by atoms with Crippen molar-refractivity contribution in [2.45, 2.75) is 13.1 Å². The third kappa shape index (κ3) is 3.68. The SMILES string of the molecule is N#Cc1cccnc1NCc1ccc(Cn2ccccc2=O)cc1. The number of nitriles is 1. The monoisotopic (exact) mass is 316 g/mol. The number of nitrogens with one attached hydrogen (secondary N) is 1. The molecule has 0 saturated carbocycles. The summed E-state index contributed by atoms with van der Waals surface area (Å²) >= 11 is 0. The van der Waals surface area contributed by atoms with Crippen LogP contribution in [-0.4, -0.2) is 9.55 Å². The van der Waals surface area contributed by atoms with E-state index in [1.165, 1.54) is 0 Å². The first-order valence-corrected chi connectivity index (χ1v) is 7.58. The Hall–Kier alpha value is -3.39. The van der Waals surface area contributed by atoms with Crippen molar-refractivity contribution in [2.24, 2.45) is 0 Å². The molecule has 0 aliphatic carbocycles. The molecule has 0 saturated heterocycles. The van der Waals surface area contributed by atoms with E-state index < -0.39 is 0 Å². The summed E-state index contributed by atoms with van der Waals surface area (Å²) in [6.45, 7) is 1.13. The van der Waals surface area contributed by atoms with Crippen LogP contribution in [0.4, 0.5) is 5.82 Å². The van der Waals surface area contributed by atoms with Crippen molar-refractivity contribution in [1.82, 2.24) is 9.55 Å². The van der Waals surface area contributed by atoms with Gasteiger partial charge in [0, 0.05) is 25.0 Å². The maximum Gasteiger partial charge on any atom is 0.250 e. The zero-order valence-electron chi connectivity index (χ0n) is 13.0. The third-order valence-corrected chi connectivity index (χ3v) is 3.66. The van der Waals surface area contributed by atoms with Gasteiger partial charge >= 0.3 is 0 Å². The second-order valence-electron chi connectivity index (χ2n) is 5.35. The predicted molar refractivity (Wildman–Crippen MR) is 92.5 cm³/mol. The van der Waals surface area contributed by atoms with Crippen molar-refractivity contribution in [3.63, 3.8) is 0 Å². The summed E-state index contributed by atoms with van der Waals surface area (Å²) in [6.07, 6.45) is 3.44. The van der Waals surface area contributed by atoms with Crippen LogP contribution in [0.25, 0.3) is 0 Å². The van der Waals surface area contributed by atoms with Gasteiger partial charge in [-0.2, -0.15) is 5.26 Å². The van der Waals surface area contributed by atoms with Crippen LogP contribution in [0.5, 0.6) is 0 Å². The highest BCUT2D eigenvalue weighted by Crippen LogP contribution is 2.12. The van der Waals surface area contributed by atoms with Crippen LogP contribution in [0.2, 0.25) is 0 Å². The largest absolute Gasteiger partial charge is 0.365 e. The Morgan fingerprint density at radius 1 is 1.04 bits per heavy atom. The van der Waals surface area contributed by atoms with Crippen molar-refractivity contribution in [3.8, 4) is 6.07 Å². The quantitative estimate of drug-likeness (QED) is 0.786. The topological polar surface area (TPSA) is 70.7 Å². The standard InChI is InChI=1S/C19H16N4O/c20-12-17-4-3-10-21-19(17)22-13-15-6-8-16(9-7-15)14-23-11-2-1-5-18(23)24/h1-11H,13-14H2,(H,21,22). The first kappa shape index (κ1) is 15.5. The van der Waals surface area contributed by atoms with Crippen LogP contribution in [0.3, 0.4) is 0 Å². The Balaban J connectivity index is 1.66. The van der Waals surface area contributed by atoms with Crippen LogP contribution < -0.4 is 10.9 Å². The molecule has 0 spiro atoms. The molecular weight excluding hydrogens is 300 g/mol. The normalized spacial score (nSPS) is 10.1. The average molecular weight is 316 g/mol. The lowest BCUT2D eigenvalue weighted by Crippen LogP contribution is -2.18. The minimum Gasteiger partial charge on any atom is -0.365 e. The van der Waals surface area contributed by atoms with E-state index >= 15 is 0 Å². The van der Waals surface area contributed by atoms with Crippen molar-refractivity contribution >= 4 is 5.82 Å². The molecule has 5 nitrogen and oxygen atoms in total. The van der Waals surface area contributed by atoms with Crippen molar-refractivity contribution in [3.05, 3.63) is 94.0 Å². The number of aromatic nitrogens is 2. The van der Waals surface area contributed by atoms with E-state index in [2.05, 4.69) is 16.4 Å². The molecule has 2 aromatic heterocycles. The van der Waals surface area contributed by atoms with Gasteiger partial charge in [0.1, 0.15) is 11.9 Å². The zero-order chi connectivity index (χ0) is 16.8. The molecule has 24 heavy (non-hydrogen) atoms. The van der Waals surface area contributed by atoms with Gasteiger partial charge in [-0.05, 0) is 29.3 Å². The highest BCUT2D eigenvalue weighted by molar-refractivity contribution is 5.51. The van der Waals surface area contributed by atoms with Crippen LogP contribution in [0.1, 0.15) is 16.7 Å². The molecule has 5 heteroatoms. The van der Waals surface area contributed by atoms with Gasteiger partial charge in [-0.25, -0.2) is 4.98 Å². The summed E-state index contributed by atoms with van der Waals surface area (Å²) in [5.41, 5.74) is 2.65. The summed E-state index contributed by atoms with van der Waals surface area (Å²) in [4.78, 5) is 15.9. The van der Waals surface area contributed by atoms with E-state index in [-0.39, 0.29) is 5.56 Å². The van der Waals surface area contributed by atoms with Gasteiger partial charge in [0.2, 0.25) is 0 Å². The molecule has 3 rings (SSSR count). The predicted octanol–water partition coefficient (Wildman–Crippen LogP) is 2.78. The lowest BCUT2D eigenvalue weighted by Gasteiger charge is -2.09. The molecule has 0 radical (unpaired) electrons. The summed E-state index contributed by atoms with van der Waals surface area (Å²) in [7, 11) is 0. The third-order valence-electron chi connectivity index (χ3n) is 3.66. The molecule has 0 atom stereocenters. The number of benzene rings is 1.